The molecule has 0 saturated carbocycles. The molecule has 3 heterocycles. The Morgan fingerprint density at radius 3 is 2.70 bits per heavy atom. The molecule has 0 fully saturated rings. The number of furan rings is 1. The monoisotopic (exact) mass is 621 g/mol. The van der Waals surface area contributed by atoms with Crippen LogP contribution in [-0.2, 0) is 28.9 Å². The molecule has 4 aromatic rings. The molecule has 2 N–H and O–H groups in total. The van der Waals surface area contributed by atoms with E-state index in [0.717, 1.165) is 59.4 Å². The summed E-state index contributed by atoms with van der Waals surface area (Å²) < 4.78 is 12.5. The highest BCUT2D eigenvalue weighted by atomic mass is 32.2. The average molecular weight is 622 g/mol. The topological polar surface area (TPSA) is 128 Å². The minimum Gasteiger partial charge on any atom is -0.462 e. The number of thioether (sulfide) groups is 1. The fraction of sp³-hybridized carbons (Fsp3) is 0.387. The lowest BCUT2D eigenvalue weighted by Gasteiger charge is -2.16. The number of rotatable bonds is 10. The molecule has 0 bridgehead atoms. The Morgan fingerprint density at radius 1 is 1.12 bits per heavy atom. The summed E-state index contributed by atoms with van der Waals surface area (Å²) in [5.74, 6) is -0.307. The first-order valence-electron chi connectivity index (χ1n) is 14.4. The maximum Gasteiger partial charge on any atom is 0.341 e. The van der Waals surface area contributed by atoms with Crippen LogP contribution in [0.15, 0.2) is 46.2 Å². The van der Waals surface area contributed by atoms with Gasteiger partial charge in [-0.3, -0.25) is 14.2 Å². The predicted molar refractivity (Wildman–Crippen MR) is 166 cm³/mol. The molecule has 0 saturated heterocycles. The Bertz CT molecular complexity index is 1630. The Kier molecular flexibility index (Phi) is 9.66. The number of hydrogen-bond acceptors (Lipinski definition) is 9. The van der Waals surface area contributed by atoms with E-state index in [0.29, 0.717) is 21.5 Å². The van der Waals surface area contributed by atoms with Crippen molar-refractivity contribution in [3.8, 4) is 5.69 Å². The van der Waals surface area contributed by atoms with Gasteiger partial charge < -0.3 is 19.8 Å². The van der Waals surface area contributed by atoms with Gasteiger partial charge in [0.2, 0.25) is 5.91 Å². The average Bonchev–Trinajstić information content (AvgIpc) is 3.70. The van der Waals surface area contributed by atoms with Gasteiger partial charge in [0.1, 0.15) is 5.00 Å². The van der Waals surface area contributed by atoms with Gasteiger partial charge in [-0.15, -0.1) is 21.5 Å². The van der Waals surface area contributed by atoms with Crippen LogP contribution in [0.25, 0.3) is 5.69 Å². The summed E-state index contributed by atoms with van der Waals surface area (Å²) in [5, 5.41) is 15.1. The number of ether oxygens (including phenoxy) is 1. The molecule has 1 aliphatic rings. The van der Waals surface area contributed by atoms with E-state index in [1.165, 1.54) is 29.4 Å². The molecule has 1 atom stereocenters. The molecular weight excluding hydrogens is 587 g/mol. The van der Waals surface area contributed by atoms with Crippen molar-refractivity contribution in [2.75, 3.05) is 11.9 Å². The predicted octanol–water partition coefficient (Wildman–Crippen LogP) is 6.03. The van der Waals surface area contributed by atoms with Gasteiger partial charge in [0, 0.05) is 4.88 Å². The molecule has 2 amide bonds. The SMILES string of the molecule is CCOC(=O)c1c(NC(=O)[C@@H](C)Sc2nnc(CNC(=O)c3ccco3)n2-c2cccc(C)c2C)sc2c1CCCCC2. The lowest BCUT2D eigenvalue weighted by atomic mass is 10.1. The number of nitrogens with zero attached hydrogens (tertiary/aromatic N) is 3. The number of aryl methyl sites for hydroxylation is 2. The molecule has 0 aliphatic heterocycles. The van der Waals surface area contributed by atoms with Crippen LogP contribution in [-0.4, -0.2) is 44.4 Å². The van der Waals surface area contributed by atoms with Gasteiger partial charge >= 0.3 is 5.97 Å². The summed E-state index contributed by atoms with van der Waals surface area (Å²) in [7, 11) is 0. The van der Waals surface area contributed by atoms with Gasteiger partial charge in [-0.25, -0.2) is 4.79 Å². The molecule has 43 heavy (non-hydrogen) atoms. The van der Waals surface area contributed by atoms with Gasteiger partial charge in [0.05, 0.1) is 35.9 Å². The van der Waals surface area contributed by atoms with Gasteiger partial charge in [-0.05, 0) is 88.3 Å². The highest BCUT2D eigenvalue weighted by Gasteiger charge is 2.29. The zero-order valence-electron chi connectivity index (χ0n) is 24.7. The second kappa shape index (κ2) is 13.6. The Labute approximate surface area is 258 Å². The smallest absolute Gasteiger partial charge is 0.341 e. The third-order valence-electron chi connectivity index (χ3n) is 7.46. The summed E-state index contributed by atoms with van der Waals surface area (Å²) >= 11 is 2.73. The van der Waals surface area contributed by atoms with Crippen LogP contribution < -0.4 is 10.6 Å². The highest BCUT2D eigenvalue weighted by Crippen LogP contribution is 2.38. The van der Waals surface area contributed by atoms with Crippen molar-refractivity contribution in [1.82, 2.24) is 20.1 Å². The Morgan fingerprint density at radius 2 is 1.93 bits per heavy atom. The van der Waals surface area contributed by atoms with Crippen molar-refractivity contribution >= 4 is 45.9 Å². The van der Waals surface area contributed by atoms with Crippen LogP contribution in [0.3, 0.4) is 0 Å². The molecule has 0 spiro atoms. The summed E-state index contributed by atoms with van der Waals surface area (Å²) in [6.07, 6.45) is 6.33. The van der Waals surface area contributed by atoms with Crippen molar-refractivity contribution in [3.05, 3.63) is 75.3 Å². The minimum absolute atomic E-state index is 0.102. The van der Waals surface area contributed by atoms with Crippen LogP contribution in [0.5, 0.6) is 0 Å². The summed E-state index contributed by atoms with van der Waals surface area (Å²) in [4.78, 5) is 40.2. The maximum atomic E-state index is 13.6. The molecule has 12 heteroatoms. The first-order valence-corrected chi connectivity index (χ1v) is 16.1. The van der Waals surface area contributed by atoms with Crippen LogP contribution in [0.2, 0.25) is 0 Å². The molecule has 0 unspecified atom stereocenters. The number of anilines is 1. The lowest BCUT2D eigenvalue weighted by Crippen LogP contribution is -2.25. The molecule has 226 valence electrons. The zero-order valence-corrected chi connectivity index (χ0v) is 26.3. The third-order valence-corrected chi connectivity index (χ3v) is 9.71. The molecule has 3 aromatic heterocycles. The van der Waals surface area contributed by atoms with Crippen LogP contribution in [0.4, 0.5) is 5.00 Å². The third kappa shape index (κ3) is 6.70. The van der Waals surface area contributed by atoms with Crippen LogP contribution >= 0.6 is 23.1 Å². The van der Waals surface area contributed by atoms with E-state index in [4.69, 9.17) is 9.15 Å². The number of aromatic nitrogens is 3. The second-order valence-electron chi connectivity index (χ2n) is 10.4. The lowest BCUT2D eigenvalue weighted by molar-refractivity contribution is -0.115. The van der Waals surface area contributed by atoms with Gasteiger partial charge in [0.25, 0.3) is 5.91 Å². The normalized spacial score (nSPS) is 13.6. The largest absolute Gasteiger partial charge is 0.462 e. The number of carbonyl (C=O) groups excluding carboxylic acids is 3. The fourth-order valence-corrected chi connectivity index (χ4v) is 7.20. The van der Waals surface area contributed by atoms with Crippen molar-refractivity contribution in [2.45, 2.75) is 76.8 Å². The maximum absolute atomic E-state index is 13.6. The van der Waals surface area contributed by atoms with E-state index < -0.39 is 11.2 Å². The van der Waals surface area contributed by atoms with Crippen LogP contribution in [0, 0.1) is 13.8 Å². The van der Waals surface area contributed by atoms with Gasteiger partial charge in [-0.1, -0.05) is 30.3 Å². The van der Waals surface area contributed by atoms with Crippen molar-refractivity contribution in [2.24, 2.45) is 0 Å². The molecule has 0 radical (unpaired) electrons. The van der Waals surface area contributed by atoms with E-state index in [1.807, 2.05) is 36.6 Å². The molecule has 5 rings (SSSR count). The molecule has 10 nitrogen and oxygen atoms in total. The Hall–Kier alpha value is -3.90. The van der Waals surface area contributed by atoms with Gasteiger partial charge in [0.15, 0.2) is 16.7 Å². The first-order chi connectivity index (χ1) is 20.8. The van der Waals surface area contributed by atoms with Crippen molar-refractivity contribution in [3.63, 3.8) is 0 Å². The van der Waals surface area contributed by atoms with E-state index in [9.17, 15) is 14.4 Å². The van der Waals surface area contributed by atoms with E-state index in [2.05, 4.69) is 20.8 Å². The van der Waals surface area contributed by atoms with E-state index in [1.54, 1.807) is 26.0 Å². The highest BCUT2D eigenvalue weighted by molar-refractivity contribution is 8.00. The van der Waals surface area contributed by atoms with E-state index in [-0.39, 0.29) is 30.7 Å². The minimum atomic E-state index is -0.574. The number of benzene rings is 1. The summed E-state index contributed by atoms with van der Waals surface area (Å²) in [6.45, 7) is 7.98. The van der Waals surface area contributed by atoms with Gasteiger partial charge in [-0.2, -0.15) is 0 Å². The number of amides is 2. The number of carbonyl (C=O) groups is 3. The number of thiophene rings is 1. The van der Waals surface area contributed by atoms with E-state index >= 15 is 0 Å². The fourth-order valence-electron chi connectivity index (χ4n) is 5.04. The van der Waals surface area contributed by atoms with Crippen molar-refractivity contribution in [1.29, 1.82) is 0 Å². The Balaban J connectivity index is 1.40. The molecule has 1 aromatic carbocycles. The standard InChI is InChI=1S/C31H35N5O5S2/c1-5-40-30(39)26-21-12-7-6-8-15-24(21)43-29(26)33-27(37)20(4)42-31-35-34-25(17-32-28(38)23-14-10-16-41-23)36(31)22-13-9-11-18(2)19(22)3/h9-11,13-14,16,20H,5-8,12,15,17H2,1-4H3,(H,32,38)(H,33,37)/t20-/m1/s1. The summed E-state index contributed by atoms with van der Waals surface area (Å²) in [5.41, 5.74) is 4.46. The number of hydrogen-bond donors (Lipinski definition) is 2. The zero-order chi connectivity index (χ0) is 30.5. The summed E-state index contributed by atoms with van der Waals surface area (Å²) in [6, 6.07) is 9.17. The van der Waals surface area contributed by atoms with Crippen LogP contribution in [0.1, 0.15) is 81.4 Å². The number of esters is 1. The number of nitrogens with one attached hydrogen (secondary N) is 2. The quantitative estimate of drug-likeness (QED) is 0.125. The van der Waals surface area contributed by atoms with Crippen molar-refractivity contribution < 1.29 is 23.5 Å². The molecular formula is C31H35N5O5S2. The molecule has 1 aliphatic carbocycles. The number of fused-ring (bicyclic) bond motifs is 1. The first kappa shape index (κ1) is 30.6. The second-order valence-corrected chi connectivity index (χ2v) is 12.8.